The van der Waals surface area contributed by atoms with Gasteiger partial charge in [0.2, 0.25) is 0 Å². The quantitative estimate of drug-likeness (QED) is 0.468. The highest BCUT2D eigenvalue weighted by Gasteiger charge is 2.06. The first kappa shape index (κ1) is 10.7. The van der Waals surface area contributed by atoms with E-state index in [2.05, 4.69) is 23.7 Å². The summed E-state index contributed by atoms with van der Waals surface area (Å²) in [5.41, 5.74) is 14.9. The van der Waals surface area contributed by atoms with E-state index in [1.54, 1.807) is 0 Å². The van der Waals surface area contributed by atoms with Gasteiger partial charge in [-0.15, -0.1) is 0 Å². The summed E-state index contributed by atoms with van der Waals surface area (Å²) in [4.78, 5) is 0. The zero-order chi connectivity index (χ0) is 8.69. The Bertz CT molecular complexity index is 106. The molecule has 1 aliphatic carbocycles. The molecule has 0 saturated heterocycles. The van der Waals surface area contributed by atoms with Crippen molar-refractivity contribution in [1.82, 2.24) is 0 Å². The van der Waals surface area contributed by atoms with E-state index >= 15 is 0 Å². The van der Waals surface area contributed by atoms with Gasteiger partial charge >= 0.3 is 0 Å². The van der Waals surface area contributed by atoms with Crippen LogP contribution < -0.4 is 17.2 Å². The normalized spacial score (nSPS) is 18.3. The van der Waals surface area contributed by atoms with Crippen molar-refractivity contribution in [3.05, 3.63) is 0 Å². The Balaban J connectivity index is 0.000000218. The average molecular weight is 175 g/mol. The van der Waals surface area contributed by atoms with Gasteiger partial charge in [-0.25, -0.2) is 0 Å². The van der Waals surface area contributed by atoms with Crippen LogP contribution in [0, 0.1) is 0 Å². The third kappa shape index (κ3) is 9.65. The third-order valence-corrected chi connectivity index (χ3v) is 1.65. The molecule has 11 heavy (non-hydrogen) atoms. The summed E-state index contributed by atoms with van der Waals surface area (Å²) in [6.07, 6.45) is 6.66. The summed E-state index contributed by atoms with van der Waals surface area (Å²) in [6, 6.07) is 0.536. The molecule has 0 atom stereocenters. The summed E-state index contributed by atoms with van der Waals surface area (Å²) in [5, 5.41) is 0.000000000000000222. The van der Waals surface area contributed by atoms with E-state index < -0.39 is 0 Å². The van der Waals surface area contributed by atoms with Crippen LogP contribution in [-0.4, -0.2) is 11.2 Å². The summed E-state index contributed by atoms with van der Waals surface area (Å²) < 4.78 is 0. The minimum atomic E-state index is 0.000000000000000222. The molecular formula is C7H17N3S. The SMILES string of the molecule is NC(N)=S.NC1CCCCC1. The van der Waals surface area contributed by atoms with Gasteiger partial charge in [-0.3, -0.25) is 0 Å². The molecule has 0 radical (unpaired) electrons. The predicted octanol–water partition coefficient (Wildman–Crippen LogP) is 0.466. The van der Waals surface area contributed by atoms with E-state index in [4.69, 9.17) is 5.73 Å². The highest BCUT2D eigenvalue weighted by atomic mass is 32.1. The number of hydrogen-bond acceptors (Lipinski definition) is 2. The van der Waals surface area contributed by atoms with Gasteiger partial charge in [0.15, 0.2) is 5.11 Å². The monoisotopic (exact) mass is 175 g/mol. The van der Waals surface area contributed by atoms with Crippen molar-refractivity contribution in [2.24, 2.45) is 17.2 Å². The molecule has 1 aliphatic rings. The maximum Gasteiger partial charge on any atom is 0.160 e. The Morgan fingerprint density at radius 2 is 1.45 bits per heavy atom. The Morgan fingerprint density at radius 3 is 1.64 bits per heavy atom. The molecule has 1 fully saturated rings. The second-order valence-electron chi connectivity index (χ2n) is 2.80. The molecule has 1 rings (SSSR count). The summed E-state index contributed by atoms with van der Waals surface area (Å²) >= 11 is 4.09. The number of nitrogens with two attached hydrogens (primary N) is 3. The van der Waals surface area contributed by atoms with Crippen molar-refractivity contribution in [2.75, 3.05) is 0 Å². The zero-order valence-electron chi connectivity index (χ0n) is 6.75. The summed E-state index contributed by atoms with van der Waals surface area (Å²) in [5.74, 6) is 0. The molecule has 0 spiro atoms. The standard InChI is InChI=1S/C6H13N.CH4N2S/c7-6-4-2-1-3-5-6;2-1(3)4/h6H,1-5,7H2;(H4,2,3,4). The van der Waals surface area contributed by atoms with E-state index in [0.717, 1.165) is 0 Å². The Hall–Kier alpha value is -0.350. The van der Waals surface area contributed by atoms with Crippen LogP contribution in [0.5, 0.6) is 0 Å². The minimum Gasteiger partial charge on any atom is -0.377 e. The van der Waals surface area contributed by atoms with E-state index in [0.29, 0.717) is 6.04 Å². The number of thiocarbonyl (C=S) groups is 1. The molecule has 0 amide bonds. The van der Waals surface area contributed by atoms with Gasteiger partial charge in [-0.05, 0) is 25.1 Å². The van der Waals surface area contributed by atoms with Crippen LogP contribution in [0.3, 0.4) is 0 Å². The minimum absolute atomic E-state index is 0.000000000000000222. The molecule has 0 aliphatic heterocycles. The maximum absolute atomic E-state index is 5.63. The first-order chi connectivity index (χ1) is 5.13. The molecule has 0 unspecified atom stereocenters. The van der Waals surface area contributed by atoms with Crippen molar-refractivity contribution in [2.45, 2.75) is 38.1 Å². The lowest BCUT2D eigenvalue weighted by molar-refractivity contribution is 0.441. The average Bonchev–Trinajstić information content (AvgIpc) is 1.87. The number of rotatable bonds is 0. The smallest absolute Gasteiger partial charge is 0.160 e. The van der Waals surface area contributed by atoms with Crippen molar-refractivity contribution in [3.63, 3.8) is 0 Å². The predicted molar refractivity (Wildman–Crippen MR) is 52.0 cm³/mol. The molecule has 0 aromatic heterocycles. The maximum atomic E-state index is 5.63. The second-order valence-corrected chi connectivity index (χ2v) is 3.27. The van der Waals surface area contributed by atoms with Crippen molar-refractivity contribution < 1.29 is 0 Å². The number of hydrogen-bond donors (Lipinski definition) is 3. The topological polar surface area (TPSA) is 78.1 Å². The molecule has 0 aromatic carbocycles. The van der Waals surface area contributed by atoms with Crippen molar-refractivity contribution in [3.8, 4) is 0 Å². The van der Waals surface area contributed by atoms with Crippen LogP contribution in [0.4, 0.5) is 0 Å². The molecule has 6 N–H and O–H groups in total. The van der Waals surface area contributed by atoms with E-state index in [1.165, 1.54) is 32.1 Å². The fourth-order valence-electron chi connectivity index (χ4n) is 1.13. The molecule has 0 bridgehead atoms. The third-order valence-electron chi connectivity index (χ3n) is 1.65. The molecule has 1 saturated carbocycles. The molecule has 3 nitrogen and oxygen atoms in total. The zero-order valence-corrected chi connectivity index (χ0v) is 7.57. The molecule has 0 aromatic rings. The van der Waals surface area contributed by atoms with Gasteiger partial charge < -0.3 is 17.2 Å². The van der Waals surface area contributed by atoms with Gasteiger partial charge in [0.05, 0.1) is 0 Å². The van der Waals surface area contributed by atoms with Crippen LogP contribution >= 0.6 is 12.2 Å². The van der Waals surface area contributed by atoms with Crippen LogP contribution in [0.2, 0.25) is 0 Å². The van der Waals surface area contributed by atoms with Gasteiger partial charge in [0.1, 0.15) is 0 Å². The van der Waals surface area contributed by atoms with Crippen molar-refractivity contribution >= 4 is 17.3 Å². The highest BCUT2D eigenvalue weighted by Crippen LogP contribution is 2.14. The van der Waals surface area contributed by atoms with Crippen LogP contribution in [0.1, 0.15) is 32.1 Å². The van der Waals surface area contributed by atoms with Crippen LogP contribution in [0.15, 0.2) is 0 Å². The lowest BCUT2D eigenvalue weighted by Gasteiger charge is -2.15. The van der Waals surface area contributed by atoms with E-state index in [1.807, 2.05) is 0 Å². The van der Waals surface area contributed by atoms with Gasteiger partial charge in [-0.2, -0.15) is 0 Å². The van der Waals surface area contributed by atoms with Crippen LogP contribution in [-0.2, 0) is 0 Å². The highest BCUT2D eigenvalue weighted by molar-refractivity contribution is 7.80. The van der Waals surface area contributed by atoms with Crippen molar-refractivity contribution in [1.29, 1.82) is 0 Å². The van der Waals surface area contributed by atoms with Gasteiger partial charge in [0.25, 0.3) is 0 Å². The summed E-state index contributed by atoms with van der Waals surface area (Å²) in [7, 11) is 0. The fourth-order valence-corrected chi connectivity index (χ4v) is 1.13. The molecule has 0 heterocycles. The van der Waals surface area contributed by atoms with Gasteiger partial charge in [-0.1, -0.05) is 19.3 Å². The van der Waals surface area contributed by atoms with Crippen LogP contribution in [0.25, 0.3) is 0 Å². The van der Waals surface area contributed by atoms with E-state index in [9.17, 15) is 0 Å². The van der Waals surface area contributed by atoms with Gasteiger partial charge in [0, 0.05) is 6.04 Å². The Labute approximate surface area is 73.3 Å². The lowest BCUT2D eigenvalue weighted by Crippen LogP contribution is -2.22. The fraction of sp³-hybridized carbons (Fsp3) is 0.857. The molecule has 4 heteroatoms. The summed E-state index contributed by atoms with van der Waals surface area (Å²) in [6.45, 7) is 0. The first-order valence-corrected chi connectivity index (χ1v) is 4.34. The Morgan fingerprint density at radius 1 is 1.09 bits per heavy atom. The second kappa shape index (κ2) is 6.37. The first-order valence-electron chi connectivity index (χ1n) is 3.93. The Kier molecular flexibility index (Phi) is 6.16. The lowest BCUT2D eigenvalue weighted by atomic mass is 9.97. The molecular weight excluding hydrogens is 158 g/mol. The van der Waals surface area contributed by atoms with E-state index in [-0.39, 0.29) is 5.11 Å². The largest absolute Gasteiger partial charge is 0.377 e. The molecule has 66 valence electrons.